The molecule has 3 amide bonds. The second-order valence-corrected chi connectivity index (χ2v) is 12.6. The fraction of sp³-hybridized carbons (Fsp3) is 0.500. The lowest BCUT2D eigenvalue weighted by molar-refractivity contribution is -0.134. The van der Waals surface area contributed by atoms with Crippen molar-refractivity contribution in [2.24, 2.45) is 0 Å². The summed E-state index contributed by atoms with van der Waals surface area (Å²) in [4.78, 5) is 41.9. The monoisotopic (exact) mass is 555 g/mol. The summed E-state index contributed by atoms with van der Waals surface area (Å²) in [6.45, 7) is 5.43. The Morgan fingerprint density at radius 1 is 1.07 bits per heavy atom. The van der Waals surface area contributed by atoms with Crippen LogP contribution in [0.15, 0.2) is 42.7 Å². The van der Waals surface area contributed by atoms with Crippen LogP contribution < -0.4 is 10.2 Å². The van der Waals surface area contributed by atoms with Crippen molar-refractivity contribution in [3.8, 4) is 0 Å². The van der Waals surface area contributed by atoms with Crippen LogP contribution in [-0.2, 0) is 26.3 Å². The van der Waals surface area contributed by atoms with Gasteiger partial charge in [-0.2, -0.15) is 5.10 Å². The third-order valence-electron chi connectivity index (χ3n) is 10.1. The van der Waals surface area contributed by atoms with Crippen LogP contribution in [0.25, 0.3) is 10.8 Å². The fourth-order valence-electron chi connectivity index (χ4n) is 7.25. The van der Waals surface area contributed by atoms with Crippen molar-refractivity contribution in [3.63, 3.8) is 0 Å². The largest absolute Gasteiger partial charge is 0.377 e. The highest BCUT2D eigenvalue weighted by atomic mass is 16.5. The first-order valence-corrected chi connectivity index (χ1v) is 14.8. The van der Waals surface area contributed by atoms with Crippen LogP contribution >= 0.6 is 0 Å². The van der Waals surface area contributed by atoms with Crippen LogP contribution in [0.1, 0.15) is 73.4 Å². The Kier molecular flexibility index (Phi) is 6.28. The Morgan fingerprint density at radius 3 is 2.59 bits per heavy atom. The predicted octanol–water partition coefficient (Wildman–Crippen LogP) is 3.77. The number of hydrogen-bond donors (Lipinski definition) is 1. The van der Waals surface area contributed by atoms with Crippen molar-refractivity contribution in [1.29, 1.82) is 0 Å². The number of piperidine rings is 2. The molecule has 1 aliphatic carbocycles. The number of anilines is 1. The summed E-state index contributed by atoms with van der Waals surface area (Å²) in [6.07, 6.45) is 11.1. The van der Waals surface area contributed by atoms with E-state index in [1.165, 1.54) is 19.3 Å². The lowest BCUT2D eigenvalue weighted by Gasteiger charge is -2.47. The van der Waals surface area contributed by atoms with Crippen LogP contribution in [0.2, 0.25) is 0 Å². The topological polar surface area (TPSA) is 96.8 Å². The molecule has 9 nitrogen and oxygen atoms in total. The van der Waals surface area contributed by atoms with Gasteiger partial charge in [-0.3, -0.25) is 29.3 Å². The number of benzene rings is 2. The molecule has 1 unspecified atom stereocenters. The van der Waals surface area contributed by atoms with Crippen molar-refractivity contribution >= 4 is 34.2 Å². The quantitative estimate of drug-likeness (QED) is 0.446. The summed E-state index contributed by atoms with van der Waals surface area (Å²) in [7, 11) is 1.85. The van der Waals surface area contributed by atoms with Crippen LogP contribution in [0.5, 0.6) is 0 Å². The van der Waals surface area contributed by atoms with E-state index < -0.39 is 11.9 Å². The van der Waals surface area contributed by atoms with Crippen molar-refractivity contribution in [2.75, 3.05) is 31.6 Å². The molecule has 0 radical (unpaired) electrons. The van der Waals surface area contributed by atoms with Gasteiger partial charge in [-0.1, -0.05) is 18.2 Å². The Hall–Kier alpha value is -3.56. The lowest BCUT2D eigenvalue weighted by Crippen LogP contribution is -2.53. The number of nitrogens with one attached hydrogen (secondary N) is 1. The highest BCUT2D eigenvalue weighted by Gasteiger charge is 2.42. The minimum atomic E-state index is -0.680. The van der Waals surface area contributed by atoms with Gasteiger partial charge in [-0.25, -0.2) is 0 Å². The van der Waals surface area contributed by atoms with Gasteiger partial charge >= 0.3 is 0 Å². The average molecular weight is 556 g/mol. The first-order chi connectivity index (χ1) is 19.8. The third kappa shape index (κ3) is 4.37. The normalized spacial score (nSPS) is 23.6. The zero-order valence-electron chi connectivity index (χ0n) is 23.8. The number of likely N-dealkylation sites (tertiary alicyclic amines) is 1. The van der Waals surface area contributed by atoms with E-state index in [4.69, 9.17) is 9.84 Å². The molecule has 214 valence electrons. The molecule has 1 N–H and O–H groups in total. The Balaban J connectivity index is 1.10. The fourth-order valence-corrected chi connectivity index (χ4v) is 7.25. The number of carbonyl (C=O) groups excluding carboxylic acids is 3. The van der Waals surface area contributed by atoms with Crippen molar-refractivity contribution < 1.29 is 19.1 Å². The van der Waals surface area contributed by atoms with Gasteiger partial charge in [0.25, 0.3) is 5.91 Å². The van der Waals surface area contributed by atoms with Crippen LogP contribution in [0.3, 0.4) is 0 Å². The minimum Gasteiger partial charge on any atom is -0.377 e. The second-order valence-electron chi connectivity index (χ2n) is 12.6. The third-order valence-corrected chi connectivity index (χ3v) is 10.1. The van der Waals surface area contributed by atoms with Crippen LogP contribution in [0, 0.1) is 0 Å². The summed E-state index contributed by atoms with van der Waals surface area (Å²) in [6, 6.07) is 9.12. The van der Waals surface area contributed by atoms with Crippen molar-refractivity contribution in [3.05, 3.63) is 59.4 Å². The van der Waals surface area contributed by atoms with E-state index in [9.17, 15) is 14.4 Å². The van der Waals surface area contributed by atoms with Gasteiger partial charge in [0.1, 0.15) is 6.04 Å². The van der Waals surface area contributed by atoms with Gasteiger partial charge in [0.15, 0.2) is 0 Å². The van der Waals surface area contributed by atoms with Gasteiger partial charge in [0, 0.05) is 56.7 Å². The SMILES string of the molecule is COC1(CN2CCC(C)(n3cc(Cc4ccc5c6c(cccc46)C(=O)N5C4CCC(=O)NC4=O)cn3)CC2)CCC1. The van der Waals surface area contributed by atoms with E-state index in [0.29, 0.717) is 18.4 Å². The van der Waals surface area contributed by atoms with E-state index in [0.717, 1.165) is 60.1 Å². The van der Waals surface area contributed by atoms with Crippen LogP contribution in [-0.4, -0.2) is 70.8 Å². The number of ether oxygens (including phenoxy) is 1. The predicted molar refractivity (Wildman–Crippen MR) is 155 cm³/mol. The molecule has 0 spiro atoms. The summed E-state index contributed by atoms with van der Waals surface area (Å²) in [5.74, 6) is -0.880. The number of rotatable bonds is 7. The van der Waals surface area contributed by atoms with Gasteiger partial charge in [0.2, 0.25) is 11.8 Å². The van der Waals surface area contributed by atoms with Crippen molar-refractivity contribution in [2.45, 2.75) is 75.5 Å². The van der Waals surface area contributed by atoms with Gasteiger partial charge in [-0.05, 0) is 74.1 Å². The standard InChI is InChI=1S/C32H37N5O4/c1-31(13-15-35(16-14-31)20-32(41-2)11-4-12-32)36-19-21(18-33-36)17-22-7-8-25-28-23(22)5-3-6-24(28)30(40)37(25)26-9-10-27(38)34-29(26)39/h3,5-8,18-19,26H,4,9-17,20H2,1-2H3,(H,34,38,39). The number of imide groups is 1. The van der Waals surface area contributed by atoms with E-state index in [1.54, 1.807) is 4.90 Å². The smallest absolute Gasteiger partial charge is 0.259 e. The molecule has 41 heavy (non-hydrogen) atoms. The van der Waals surface area contributed by atoms with E-state index in [1.807, 2.05) is 31.5 Å². The first kappa shape index (κ1) is 26.3. The number of methoxy groups -OCH3 is 1. The molecule has 1 saturated carbocycles. The van der Waals surface area contributed by atoms with Crippen LogP contribution in [0.4, 0.5) is 5.69 Å². The molecule has 7 rings (SSSR count). The van der Waals surface area contributed by atoms with Gasteiger partial charge < -0.3 is 9.64 Å². The van der Waals surface area contributed by atoms with Crippen molar-refractivity contribution in [1.82, 2.24) is 20.0 Å². The zero-order chi connectivity index (χ0) is 28.4. The summed E-state index contributed by atoms with van der Waals surface area (Å²) < 4.78 is 8.02. The molecule has 2 saturated heterocycles. The molecule has 4 heterocycles. The molecule has 9 heteroatoms. The highest BCUT2D eigenvalue weighted by molar-refractivity contribution is 6.27. The number of nitrogens with zero attached hydrogens (tertiary/aromatic N) is 4. The Bertz CT molecular complexity index is 1540. The van der Waals surface area contributed by atoms with E-state index in [-0.39, 0.29) is 29.4 Å². The Labute approximate surface area is 239 Å². The molecule has 4 aliphatic rings. The highest BCUT2D eigenvalue weighted by Crippen LogP contribution is 2.42. The van der Waals surface area contributed by atoms with Gasteiger partial charge in [0.05, 0.1) is 23.0 Å². The molecule has 3 aromatic rings. The maximum atomic E-state index is 13.5. The molecule has 1 atom stereocenters. The number of hydrogen-bond acceptors (Lipinski definition) is 6. The lowest BCUT2D eigenvalue weighted by atomic mass is 9.78. The first-order valence-electron chi connectivity index (χ1n) is 14.8. The molecule has 3 fully saturated rings. The van der Waals surface area contributed by atoms with Gasteiger partial charge in [-0.15, -0.1) is 0 Å². The maximum absolute atomic E-state index is 13.5. The Morgan fingerprint density at radius 2 is 1.88 bits per heavy atom. The second kappa shape index (κ2) is 9.77. The maximum Gasteiger partial charge on any atom is 0.259 e. The average Bonchev–Trinajstić information content (AvgIpc) is 3.53. The molecule has 3 aliphatic heterocycles. The molecular formula is C32H37N5O4. The number of aromatic nitrogens is 2. The molecular weight excluding hydrogens is 518 g/mol. The molecule has 0 bridgehead atoms. The van der Waals surface area contributed by atoms with E-state index >= 15 is 0 Å². The summed E-state index contributed by atoms with van der Waals surface area (Å²) >= 11 is 0. The minimum absolute atomic E-state index is 0.0223. The number of amides is 3. The zero-order valence-corrected chi connectivity index (χ0v) is 23.8. The van der Waals surface area contributed by atoms with E-state index in [2.05, 4.69) is 40.2 Å². The summed E-state index contributed by atoms with van der Waals surface area (Å²) in [5, 5.41) is 9.10. The molecule has 2 aromatic carbocycles. The number of carbonyl (C=O) groups is 3. The summed E-state index contributed by atoms with van der Waals surface area (Å²) in [5.41, 5.74) is 3.64. The molecule has 1 aromatic heterocycles.